The molecule has 0 bridgehead atoms. The molecule has 1 saturated heterocycles. The molecule has 1 aliphatic rings. The molecule has 0 aromatic heterocycles. The van der Waals surface area contributed by atoms with E-state index >= 15 is 0 Å². The van der Waals surface area contributed by atoms with Gasteiger partial charge in [-0.2, -0.15) is 4.31 Å². The number of carboxylic acids is 1. The lowest BCUT2D eigenvalue weighted by molar-refractivity contribution is -0.142. The number of hydrogen-bond donors (Lipinski definition) is 4. The van der Waals surface area contributed by atoms with Crippen LogP contribution in [0.4, 0.5) is 13.6 Å². The molecule has 0 radical (unpaired) electrons. The highest BCUT2D eigenvalue weighted by Crippen LogP contribution is 2.27. The van der Waals surface area contributed by atoms with Gasteiger partial charge in [0.25, 0.3) is 0 Å². The van der Waals surface area contributed by atoms with Crippen LogP contribution >= 0.6 is 0 Å². The Balaban J connectivity index is 1.62. The second kappa shape index (κ2) is 11.2. The van der Waals surface area contributed by atoms with Crippen LogP contribution in [0.1, 0.15) is 18.4 Å². The molecular weight excluding hydrogens is 486 g/mol. The zero-order valence-electron chi connectivity index (χ0n) is 18.4. The van der Waals surface area contributed by atoms with Gasteiger partial charge in [-0.25, -0.2) is 26.8 Å². The predicted octanol–water partition coefficient (Wildman–Crippen LogP) is 1.19. The second-order valence-electron chi connectivity index (χ2n) is 7.83. The third-order valence-corrected chi connectivity index (χ3v) is 7.21. The van der Waals surface area contributed by atoms with E-state index in [4.69, 9.17) is 0 Å². The van der Waals surface area contributed by atoms with Crippen LogP contribution in [0.25, 0.3) is 0 Å². The Morgan fingerprint density at radius 2 is 1.71 bits per heavy atom. The summed E-state index contributed by atoms with van der Waals surface area (Å²) in [5, 5.41) is 16.6. The fourth-order valence-corrected chi connectivity index (χ4v) is 5.31. The molecule has 4 N–H and O–H groups in total. The molecule has 0 spiro atoms. The van der Waals surface area contributed by atoms with Gasteiger partial charge in [-0.1, -0.05) is 30.3 Å². The zero-order chi connectivity index (χ0) is 25.6. The van der Waals surface area contributed by atoms with E-state index in [1.807, 2.05) is 6.07 Å². The molecule has 13 heteroatoms. The summed E-state index contributed by atoms with van der Waals surface area (Å²) in [6.45, 7) is -0.348. The number of nitrogens with zero attached hydrogens (tertiary/aromatic N) is 1. The Labute approximate surface area is 200 Å². The largest absolute Gasteiger partial charge is 0.480 e. The summed E-state index contributed by atoms with van der Waals surface area (Å²) in [6.07, 6.45) is 0.368. The fourth-order valence-electron chi connectivity index (χ4n) is 3.61. The fraction of sp³-hybridized carbons (Fsp3) is 0.318. The standard InChI is InChI=1S/C22H24F2N4O6S/c23-15-9-16(24)11-17(10-15)35(33,34)28-8-4-7-19(28)20(29)27-18(21(30)31)13-26-22(32)25-12-14-5-2-1-3-6-14/h1-3,5-6,9-11,18-19H,4,7-8,12-13H2,(H,27,29)(H,30,31)(H2,25,26,32)/t18-,19-/m0/s1. The normalized spacial score (nSPS) is 16.9. The van der Waals surface area contributed by atoms with Gasteiger partial charge in [-0.05, 0) is 30.5 Å². The molecular formula is C22H24F2N4O6S. The van der Waals surface area contributed by atoms with Gasteiger partial charge in [-0.15, -0.1) is 0 Å². The maximum absolute atomic E-state index is 13.6. The van der Waals surface area contributed by atoms with Gasteiger partial charge in [0.05, 0.1) is 11.4 Å². The molecule has 0 saturated carbocycles. The smallest absolute Gasteiger partial charge is 0.328 e. The molecule has 3 amide bonds. The molecule has 2 aromatic carbocycles. The summed E-state index contributed by atoms with van der Waals surface area (Å²) < 4.78 is 53.7. The van der Waals surface area contributed by atoms with Crippen molar-refractivity contribution in [2.45, 2.75) is 36.4 Å². The van der Waals surface area contributed by atoms with Crippen molar-refractivity contribution in [3.05, 3.63) is 65.7 Å². The number of rotatable bonds is 9. The van der Waals surface area contributed by atoms with Crippen LogP contribution in [0.3, 0.4) is 0 Å². The van der Waals surface area contributed by atoms with Crippen molar-refractivity contribution >= 4 is 27.9 Å². The number of carboxylic acid groups (broad SMARTS) is 1. The molecule has 10 nitrogen and oxygen atoms in total. The summed E-state index contributed by atoms with van der Waals surface area (Å²) in [6, 6.07) is 7.32. The number of amides is 3. The quantitative estimate of drug-likeness (QED) is 0.399. The van der Waals surface area contributed by atoms with Crippen LogP contribution in [0.5, 0.6) is 0 Å². The highest BCUT2D eigenvalue weighted by Gasteiger charge is 2.40. The first-order chi connectivity index (χ1) is 16.6. The minimum atomic E-state index is -4.43. The van der Waals surface area contributed by atoms with Gasteiger partial charge >= 0.3 is 12.0 Å². The maximum Gasteiger partial charge on any atom is 0.328 e. The van der Waals surface area contributed by atoms with Gasteiger partial charge in [0.15, 0.2) is 0 Å². The van der Waals surface area contributed by atoms with Crippen molar-refractivity contribution in [2.24, 2.45) is 0 Å². The van der Waals surface area contributed by atoms with Crippen LogP contribution < -0.4 is 16.0 Å². The van der Waals surface area contributed by atoms with Crippen molar-refractivity contribution in [1.82, 2.24) is 20.3 Å². The summed E-state index contributed by atoms with van der Waals surface area (Å²) in [5.41, 5.74) is 0.825. The van der Waals surface area contributed by atoms with Crippen molar-refractivity contribution in [3.63, 3.8) is 0 Å². The molecule has 1 fully saturated rings. The van der Waals surface area contributed by atoms with Crippen LogP contribution in [-0.2, 0) is 26.2 Å². The number of aliphatic carboxylic acids is 1. The topological polar surface area (TPSA) is 145 Å². The Bertz CT molecular complexity index is 1180. The monoisotopic (exact) mass is 510 g/mol. The Hall–Kier alpha value is -3.58. The SMILES string of the molecule is O=C(NCc1ccccc1)NC[C@H](NC(=O)[C@@H]1CCCN1S(=O)(=O)c1cc(F)cc(F)c1)C(=O)O. The summed E-state index contributed by atoms with van der Waals surface area (Å²) >= 11 is 0. The Kier molecular flexibility index (Phi) is 8.35. The van der Waals surface area contributed by atoms with Crippen molar-refractivity contribution < 1.29 is 36.7 Å². The van der Waals surface area contributed by atoms with Crippen molar-refractivity contribution in [3.8, 4) is 0 Å². The highest BCUT2D eigenvalue weighted by molar-refractivity contribution is 7.89. The van der Waals surface area contributed by atoms with E-state index in [-0.39, 0.29) is 25.9 Å². The molecule has 1 heterocycles. The average Bonchev–Trinajstić information content (AvgIpc) is 3.31. The lowest BCUT2D eigenvalue weighted by Crippen LogP contribution is -2.54. The van der Waals surface area contributed by atoms with E-state index in [2.05, 4.69) is 16.0 Å². The molecule has 35 heavy (non-hydrogen) atoms. The van der Waals surface area contributed by atoms with Gasteiger partial charge in [0.1, 0.15) is 23.7 Å². The van der Waals surface area contributed by atoms with Gasteiger partial charge in [-0.3, -0.25) is 4.79 Å². The van der Waals surface area contributed by atoms with Gasteiger partial charge in [0.2, 0.25) is 15.9 Å². The zero-order valence-corrected chi connectivity index (χ0v) is 19.2. The molecule has 2 aromatic rings. The molecule has 1 aliphatic heterocycles. The van der Waals surface area contributed by atoms with Crippen molar-refractivity contribution in [2.75, 3.05) is 13.1 Å². The van der Waals surface area contributed by atoms with Crippen LogP contribution in [0.15, 0.2) is 53.4 Å². The van der Waals surface area contributed by atoms with Crippen LogP contribution in [0.2, 0.25) is 0 Å². The number of halogens is 2. The van der Waals surface area contributed by atoms with E-state index in [0.717, 1.165) is 9.87 Å². The number of benzene rings is 2. The molecule has 188 valence electrons. The molecule has 0 unspecified atom stereocenters. The van der Waals surface area contributed by atoms with E-state index in [9.17, 15) is 36.7 Å². The van der Waals surface area contributed by atoms with Crippen LogP contribution in [0, 0.1) is 11.6 Å². The second-order valence-corrected chi connectivity index (χ2v) is 9.72. The number of urea groups is 1. The van der Waals surface area contributed by atoms with Gasteiger partial charge < -0.3 is 21.1 Å². The Morgan fingerprint density at radius 3 is 2.34 bits per heavy atom. The lowest BCUT2D eigenvalue weighted by Gasteiger charge is -2.25. The van der Waals surface area contributed by atoms with E-state index in [1.165, 1.54) is 0 Å². The number of nitrogens with one attached hydrogen (secondary N) is 3. The average molecular weight is 511 g/mol. The van der Waals surface area contributed by atoms with E-state index in [0.29, 0.717) is 18.2 Å². The third-order valence-electron chi connectivity index (χ3n) is 5.33. The summed E-state index contributed by atoms with van der Waals surface area (Å²) in [7, 11) is -4.43. The first kappa shape index (κ1) is 26.0. The predicted molar refractivity (Wildman–Crippen MR) is 120 cm³/mol. The molecule has 2 atom stereocenters. The highest BCUT2D eigenvalue weighted by atomic mass is 32.2. The maximum atomic E-state index is 13.6. The number of hydrogen-bond acceptors (Lipinski definition) is 5. The number of carbonyl (C=O) groups is 3. The summed E-state index contributed by atoms with van der Waals surface area (Å²) in [4.78, 5) is 35.7. The van der Waals surface area contributed by atoms with Gasteiger partial charge in [0, 0.05) is 19.2 Å². The third kappa shape index (κ3) is 6.73. The van der Waals surface area contributed by atoms with Crippen LogP contribution in [-0.4, -0.2) is 60.9 Å². The minimum absolute atomic E-state index is 0.0835. The Morgan fingerprint density at radius 1 is 1.06 bits per heavy atom. The van der Waals surface area contributed by atoms with Crippen molar-refractivity contribution in [1.29, 1.82) is 0 Å². The lowest BCUT2D eigenvalue weighted by atomic mass is 10.2. The number of sulfonamides is 1. The molecule has 0 aliphatic carbocycles. The first-order valence-corrected chi connectivity index (χ1v) is 12.1. The summed E-state index contributed by atoms with van der Waals surface area (Å²) in [5.74, 6) is -4.53. The molecule has 3 rings (SSSR count). The number of carbonyl (C=O) groups excluding carboxylic acids is 2. The minimum Gasteiger partial charge on any atom is -0.480 e. The first-order valence-electron chi connectivity index (χ1n) is 10.6. The van der Waals surface area contributed by atoms with E-state index < -0.39 is 63.1 Å². The van der Waals surface area contributed by atoms with E-state index in [1.54, 1.807) is 24.3 Å².